The second-order valence-electron chi connectivity index (χ2n) is 15.4. The van der Waals surface area contributed by atoms with Gasteiger partial charge in [0.1, 0.15) is 0 Å². The van der Waals surface area contributed by atoms with Crippen LogP contribution in [0.5, 0.6) is 0 Å². The molecule has 0 fully saturated rings. The normalized spacial score (nSPS) is 11.5. The van der Waals surface area contributed by atoms with E-state index in [-0.39, 0.29) is 0 Å². The summed E-state index contributed by atoms with van der Waals surface area (Å²) in [5, 5.41) is 4.51. The molecular formula is C55H35N7. The fraction of sp³-hybridized carbons (Fsp3) is 0. The van der Waals surface area contributed by atoms with Crippen molar-refractivity contribution in [1.29, 1.82) is 0 Å². The molecule has 7 heteroatoms. The second-order valence-corrected chi connectivity index (χ2v) is 15.4. The zero-order chi connectivity index (χ0) is 41.0. The lowest BCUT2D eigenvalue weighted by atomic mass is 9.99. The van der Waals surface area contributed by atoms with E-state index < -0.39 is 0 Å². The molecule has 0 amide bonds. The van der Waals surface area contributed by atoms with Crippen LogP contribution >= 0.6 is 0 Å². The van der Waals surface area contributed by atoms with E-state index in [2.05, 4.69) is 129 Å². The number of benzene rings is 7. The number of hydrogen-bond donors (Lipinski definition) is 0. The Morgan fingerprint density at radius 3 is 1.11 bits per heavy atom. The van der Waals surface area contributed by atoms with E-state index in [9.17, 15) is 0 Å². The Morgan fingerprint density at radius 2 is 0.677 bits per heavy atom. The molecule has 0 saturated heterocycles. The van der Waals surface area contributed by atoms with Gasteiger partial charge in [0.05, 0.1) is 33.5 Å². The molecule has 0 aliphatic heterocycles. The largest absolute Gasteiger partial charge is 0.309 e. The summed E-state index contributed by atoms with van der Waals surface area (Å²) >= 11 is 0. The van der Waals surface area contributed by atoms with Gasteiger partial charge in [-0.1, -0.05) is 115 Å². The van der Waals surface area contributed by atoms with Gasteiger partial charge in [0.2, 0.25) is 5.95 Å². The minimum atomic E-state index is 0.551. The summed E-state index contributed by atoms with van der Waals surface area (Å²) in [6, 6.07) is 69.7. The minimum Gasteiger partial charge on any atom is -0.309 e. The van der Waals surface area contributed by atoms with E-state index in [1.165, 1.54) is 10.8 Å². The molecule has 5 aromatic heterocycles. The van der Waals surface area contributed by atoms with Gasteiger partial charge in [-0.2, -0.15) is 9.97 Å². The lowest BCUT2D eigenvalue weighted by molar-refractivity contribution is 0.953. The Bertz CT molecular complexity index is 3550. The van der Waals surface area contributed by atoms with Crippen LogP contribution in [0.1, 0.15) is 0 Å². The van der Waals surface area contributed by atoms with Crippen molar-refractivity contribution in [3.05, 3.63) is 213 Å². The van der Waals surface area contributed by atoms with Gasteiger partial charge >= 0.3 is 0 Å². The summed E-state index contributed by atoms with van der Waals surface area (Å²) in [7, 11) is 0. The van der Waals surface area contributed by atoms with Crippen LogP contribution in [0.4, 0.5) is 0 Å². The molecule has 0 unspecified atom stereocenters. The molecule has 7 nitrogen and oxygen atoms in total. The van der Waals surface area contributed by atoms with Gasteiger partial charge in [-0.25, -0.2) is 4.98 Å². The first-order valence-corrected chi connectivity index (χ1v) is 20.7. The molecule has 0 bridgehead atoms. The lowest BCUT2D eigenvalue weighted by Gasteiger charge is -2.11. The number of para-hydroxylation sites is 1. The molecule has 12 aromatic rings. The maximum absolute atomic E-state index is 5.17. The third-order valence-corrected chi connectivity index (χ3v) is 11.7. The summed E-state index contributed by atoms with van der Waals surface area (Å²) in [4.78, 5) is 24.7. The second kappa shape index (κ2) is 14.6. The van der Waals surface area contributed by atoms with Crippen LogP contribution in [0.3, 0.4) is 0 Å². The van der Waals surface area contributed by atoms with Gasteiger partial charge in [0.15, 0.2) is 11.6 Å². The van der Waals surface area contributed by atoms with Crippen molar-refractivity contribution >= 4 is 43.6 Å². The fourth-order valence-electron chi connectivity index (χ4n) is 8.76. The third kappa shape index (κ3) is 6.02. The average molecular weight is 794 g/mol. The summed E-state index contributed by atoms with van der Waals surface area (Å²) < 4.78 is 4.53. The van der Waals surface area contributed by atoms with Gasteiger partial charge in [-0.3, -0.25) is 14.5 Å². The van der Waals surface area contributed by atoms with Crippen LogP contribution in [0, 0.1) is 0 Å². The molecule has 0 saturated carbocycles. The number of pyridine rings is 2. The zero-order valence-electron chi connectivity index (χ0n) is 33.3. The van der Waals surface area contributed by atoms with Gasteiger partial charge in [-0.05, 0) is 96.1 Å². The molecule has 7 aromatic carbocycles. The summed E-state index contributed by atoms with van der Waals surface area (Å²) in [6.07, 6.45) is 3.69. The highest BCUT2D eigenvalue weighted by Crippen LogP contribution is 2.40. The molecule has 290 valence electrons. The Morgan fingerprint density at radius 1 is 0.290 bits per heavy atom. The van der Waals surface area contributed by atoms with Crippen molar-refractivity contribution in [2.45, 2.75) is 0 Å². The van der Waals surface area contributed by atoms with Gasteiger partial charge in [-0.15, -0.1) is 0 Å². The van der Waals surface area contributed by atoms with Crippen molar-refractivity contribution in [2.75, 3.05) is 0 Å². The van der Waals surface area contributed by atoms with Crippen LogP contribution < -0.4 is 0 Å². The third-order valence-electron chi connectivity index (χ3n) is 11.7. The monoisotopic (exact) mass is 793 g/mol. The standard InChI is InChI=1S/C55H35N7/c1-4-14-36(15-5-1)53-58-54(37-16-6-2-7-17-37)60-55(59-53)62-51-27-23-39(33-44(51)46-35-41(25-29-52(46)62)48-21-11-13-31-57-48)38-22-26-49-43(32-38)45-34-40(47-20-10-12-30-56-47)24-28-50(45)61(49)42-18-8-3-9-19-42/h1-35H. The van der Waals surface area contributed by atoms with E-state index >= 15 is 0 Å². The van der Waals surface area contributed by atoms with E-state index in [0.29, 0.717) is 17.6 Å². The van der Waals surface area contributed by atoms with Crippen LogP contribution in [-0.2, 0) is 0 Å². The van der Waals surface area contributed by atoms with Gasteiger partial charge < -0.3 is 4.57 Å². The summed E-state index contributed by atoms with van der Waals surface area (Å²) in [6.45, 7) is 0. The highest BCUT2D eigenvalue weighted by atomic mass is 15.2. The maximum Gasteiger partial charge on any atom is 0.238 e. The van der Waals surface area contributed by atoms with E-state index in [1.54, 1.807) is 0 Å². The summed E-state index contributed by atoms with van der Waals surface area (Å²) in [5.74, 6) is 1.77. The molecule has 0 aliphatic carbocycles. The number of hydrogen-bond acceptors (Lipinski definition) is 5. The molecule has 62 heavy (non-hydrogen) atoms. The van der Waals surface area contributed by atoms with Gasteiger partial charge in [0.25, 0.3) is 0 Å². The summed E-state index contributed by atoms with van der Waals surface area (Å²) in [5.41, 5.74) is 13.4. The average Bonchev–Trinajstić information content (AvgIpc) is 3.86. The molecule has 0 spiro atoms. The van der Waals surface area contributed by atoms with Crippen molar-refractivity contribution in [2.24, 2.45) is 0 Å². The smallest absolute Gasteiger partial charge is 0.238 e. The van der Waals surface area contributed by atoms with Crippen LogP contribution in [0.25, 0.3) is 112 Å². The SMILES string of the molecule is c1ccc(-c2nc(-c3ccccc3)nc(-n3c4ccc(-c5ccc6c(c5)c5cc(-c7ccccn7)ccc5n6-c5ccccc5)cc4c4cc(-c5ccccn5)ccc43)n2)cc1. The van der Waals surface area contributed by atoms with Gasteiger partial charge in [0, 0.05) is 61.9 Å². The molecular weight excluding hydrogens is 759 g/mol. The molecule has 5 heterocycles. The molecule has 0 radical (unpaired) electrons. The highest BCUT2D eigenvalue weighted by molar-refractivity contribution is 6.13. The van der Waals surface area contributed by atoms with Crippen molar-refractivity contribution < 1.29 is 0 Å². The van der Waals surface area contributed by atoms with Crippen LogP contribution in [0.15, 0.2) is 213 Å². The van der Waals surface area contributed by atoms with E-state index in [1.807, 2.05) is 97.3 Å². The fourth-order valence-corrected chi connectivity index (χ4v) is 8.76. The molecule has 0 atom stereocenters. The van der Waals surface area contributed by atoms with E-state index in [0.717, 1.165) is 83.3 Å². The van der Waals surface area contributed by atoms with Crippen molar-refractivity contribution in [3.63, 3.8) is 0 Å². The number of aromatic nitrogens is 7. The topological polar surface area (TPSA) is 74.3 Å². The maximum atomic E-state index is 5.17. The number of rotatable bonds is 7. The Balaban J connectivity index is 1.09. The van der Waals surface area contributed by atoms with E-state index in [4.69, 9.17) is 19.9 Å². The predicted octanol–water partition coefficient (Wildman–Crippen LogP) is 13.2. The van der Waals surface area contributed by atoms with Crippen molar-refractivity contribution in [1.82, 2.24) is 34.1 Å². The highest BCUT2D eigenvalue weighted by Gasteiger charge is 2.20. The Hall–Kier alpha value is -8.55. The first-order chi connectivity index (χ1) is 30.7. The quantitative estimate of drug-likeness (QED) is 0.161. The predicted molar refractivity (Wildman–Crippen MR) is 251 cm³/mol. The molecule has 0 N–H and O–H groups in total. The van der Waals surface area contributed by atoms with Crippen LogP contribution in [0.2, 0.25) is 0 Å². The molecule has 12 rings (SSSR count). The zero-order valence-corrected chi connectivity index (χ0v) is 33.3. The first kappa shape index (κ1) is 35.4. The number of nitrogens with zero attached hydrogens (tertiary/aromatic N) is 7. The Labute approximate surface area is 356 Å². The van der Waals surface area contributed by atoms with Crippen molar-refractivity contribution in [3.8, 4) is 68.1 Å². The first-order valence-electron chi connectivity index (χ1n) is 20.7. The Kier molecular flexibility index (Phi) is 8.35. The lowest BCUT2D eigenvalue weighted by Crippen LogP contribution is -2.06. The number of fused-ring (bicyclic) bond motifs is 6. The molecule has 0 aliphatic rings. The minimum absolute atomic E-state index is 0.551. The van der Waals surface area contributed by atoms with Crippen LogP contribution in [-0.4, -0.2) is 34.1 Å².